The second-order valence-corrected chi connectivity index (χ2v) is 8.71. The number of hydrogen-bond donors (Lipinski definition) is 3. The average Bonchev–Trinajstić information content (AvgIpc) is 3.37. The van der Waals surface area contributed by atoms with Crippen LogP contribution in [0.1, 0.15) is 36.8 Å². The lowest BCUT2D eigenvalue weighted by atomic mass is 10.0. The number of rotatable bonds is 8. The number of halogens is 4. The lowest BCUT2D eigenvalue weighted by Gasteiger charge is -2.14. The lowest BCUT2D eigenvalue weighted by Crippen LogP contribution is -2.28. The van der Waals surface area contributed by atoms with Crippen LogP contribution in [0.15, 0.2) is 47.4 Å². The number of nitrogens with one attached hydrogen (secondary N) is 3. The molecule has 192 valence electrons. The van der Waals surface area contributed by atoms with Crippen LogP contribution in [0.3, 0.4) is 0 Å². The summed E-state index contributed by atoms with van der Waals surface area (Å²) in [5, 5.41) is 15.8. The van der Waals surface area contributed by atoms with E-state index in [9.17, 15) is 22.4 Å². The molecule has 1 aliphatic carbocycles. The molecule has 3 heterocycles. The highest BCUT2D eigenvalue weighted by molar-refractivity contribution is 5.91. The van der Waals surface area contributed by atoms with Gasteiger partial charge in [0.05, 0.1) is 17.8 Å². The molecule has 0 atom stereocenters. The zero-order valence-electron chi connectivity index (χ0n) is 19.5. The molecule has 0 saturated heterocycles. The molecule has 0 radical (unpaired) electrons. The van der Waals surface area contributed by atoms with Crippen molar-refractivity contribution in [3.8, 4) is 11.1 Å². The minimum atomic E-state index is -4.46. The van der Waals surface area contributed by atoms with Gasteiger partial charge in [-0.25, -0.2) is 14.4 Å². The normalized spacial score (nSPS) is 14.4. The topological polar surface area (TPSA) is 122 Å². The smallest absolute Gasteiger partial charge is 0.358 e. The van der Waals surface area contributed by atoms with E-state index in [1.165, 1.54) is 24.5 Å². The van der Waals surface area contributed by atoms with Crippen molar-refractivity contribution in [3.63, 3.8) is 0 Å². The Morgan fingerprint density at radius 2 is 1.92 bits per heavy atom. The van der Waals surface area contributed by atoms with Crippen LogP contribution in [-0.4, -0.2) is 37.4 Å². The molecule has 1 aliphatic rings. The van der Waals surface area contributed by atoms with Gasteiger partial charge in [0.1, 0.15) is 11.2 Å². The van der Waals surface area contributed by atoms with Crippen molar-refractivity contribution >= 4 is 23.4 Å². The maximum Gasteiger partial charge on any atom is 0.401 e. The summed E-state index contributed by atoms with van der Waals surface area (Å²) < 4.78 is 59.3. The van der Waals surface area contributed by atoms with E-state index in [4.69, 9.17) is 4.52 Å². The maximum absolute atomic E-state index is 14.7. The zero-order valence-corrected chi connectivity index (χ0v) is 19.5. The van der Waals surface area contributed by atoms with Crippen molar-refractivity contribution in [2.24, 2.45) is 0 Å². The van der Waals surface area contributed by atoms with Crippen molar-refractivity contribution in [1.82, 2.24) is 25.3 Å². The minimum absolute atomic E-state index is 0.0922. The highest BCUT2D eigenvalue weighted by Crippen LogP contribution is 2.59. The molecule has 0 unspecified atom stereocenters. The molecule has 1 amide bonds. The first-order chi connectivity index (χ1) is 17.7. The average molecular weight is 515 g/mol. The summed E-state index contributed by atoms with van der Waals surface area (Å²) in [7, 11) is 0. The molecule has 5 rings (SSSR count). The van der Waals surface area contributed by atoms with Crippen LogP contribution < -0.4 is 10.6 Å². The number of H-pyrrole nitrogens is 1. The summed E-state index contributed by atoms with van der Waals surface area (Å²) in [6.45, 7) is 1.97. The predicted octanol–water partition coefficient (Wildman–Crippen LogP) is 5.07. The Bertz CT molecular complexity index is 1430. The Labute approximate surface area is 207 Å². The van der Waals surface area contributed by atoms with E-state index in [0.717, 1.165) is 23.9 Å². The molecule has 37 heavy (non-hydrogen) atoms. The highest BCUT2D eigenvalue weighted by atomic mass is 19.4. The SMILES string of the molecule is CCc1n[nH]cc1Nc1ncc(-c2ccc(CC(=O)Nc3cc(C4(C(F)(F)F)CC4)on3)c(F)c2)cn1. The molecule has 1 fully saturated rings. The van der Waals surface area contributed by atoms with Crippen molar-refractivity contribution < 1.29 is 26.9 Å². The Kier molecular flexibility index (Phi) is 6.13. The first-order valence-electron chi connectivity index (χ1n) is 11.4. The third-order valence-corrected chi connectivity index (χ3v) is 6.23. The number of aromatic nitrogens is 5. The molecule has 0 bridgehead atoms. The summed E-state index contributed by atoms with van der Waals surface area (Å²) in [5.74, 6) is -1.42. The number of alkyl halides is 3. The van der Waals surface area contributed by atoms with Gasteiger partial charge in [0.2, 0.25) is 11.9 Å². The number of aryl methyl sites for hydroxylation is 1. The van der Waals surface area contributed by atoms with Gasteiger partial charge in [0, 0.05) is 30.2 Å². The molecule has 3 aromatic heterocycles. The summed E-state index contributed by atoms with van der Waals surface area (Å²) in [6, 6.07) is 5.39. The van der Waals surface area contributed by atoms with Crippen molar-refractivity contribution in [2.75, 3.05) is 10.6 Å². The van der Waals surface area contributed by atoms with Gasteiger partial charge in [-0.2, -0.15) is 18.3 Å². The number of carbonyl (C=O) groups excluding carboxylic acids is 1. The standard InChI is InChI=1S/C24H21F4N7O2/c1-2-17-18(12-31-34-17)32-22-29-10-15(11-30-22)13-3-4-14(16(25)7-13)8-21(36)33-20-9-19(37-35-20)23(5-6-23)24(26,27)28/h3-4,7,9-12H,2,5-6,8H2,1H3,(H,31,34)(H,29,30,32)(H,33,35,36). The molecule has 13 heteroatoms. The van der Waals surface area contributed by atoms with Crippen LogP contribution in [0.2, 0.25) is 0 Å². The van der Waals surface area contributed by atoms with Gasteiger partial charge in [-0.1, -0.05) is 24.2 Å². The molecular formula is C24H21F4N7O2. The number of aromatic amines is 1. The summed E-state index contributed by atoms with van der Waals surface area (Å²) in [6.07, 6.45) is 0.521. The van der Waals surface area contributed by atoms with Gasteiger partial charge >= 0.3 is 6.18 Å². The van der Waals surface area contributed by atoms with Gasteiger partial charge in [-0.15, -0.1) is 0 Å². The van der Waals surface area contributed by atoms with Gasteiger partial charge in [0.15, 0.2) is 11.6 Å². The van der Waals surface area contributed by atoms with Crippen LogP contribution in [0.4, 0.5) is 35.0 Å². The van der Waals surface area contributed by atoms with Crippen molar-refractivity contribution in [2.45, 2.75) is 44.2 Å². The Morgan fingerprint density at radius 1 is 1.16 bits per heavy atom. The van der Waals surface area contributed by atoms with Crippen LogP contribution in [-0.2, 0) is 23.1 Å². The molecule has 9 nitrogen and oxygen atoms in total. The van der Waals surface area contributed by atoms with Crippen LogP contribution in [0.5, 0.6) is 0 Å². The van der Waals surface area contributed by atoms with E-state index in [1.54, 1.807) is 12.3 Å². The van der Waals surface area contributed by atoms with E-state index >= 15 is 0 Å². The number of hydrogen-bond acceptors (Lipinski definition) is 7. The van der Waals surface area contributed by atoms with E-state index < -0.39 is 23.3 Å². The molecule has 1 aromatic carbocycles. The number of nitrogens with zero attached hydrogens (tertiary/aromatic N) is 4. The zero-order chi connectivity index (χ0) is 26.2. The van der Waals surface area contributed by atoms with Gasteiger partial charge in [-0.3, -0.25) is 9.89 Å². The molecule has 1 saturated carbocycles. The number of anilines is 3. The van der Waals surface area contributed by atoms with Gasteiger partial charge < -0.3 is 15.2 Å². The third-order valence-electron chi connectivity index (χ3n) is 6.23. The van der Waals surface area contributed by atoms with Crippen LogP contribution >= 0.6 is 0 Å². The fraction of sp³-hybridized carbons (Fsp3) is 0.292. The summed E-state index contributed by atoms with van der Waals surface area (Å²) in [5.41, 5.74) is 0.737. The predicted molar refractivity (Wildman–Crippen MR) is 124 cm³/mol. The first-order valence-corrected chi connectivity index (χ1v) is 11.4. The largest absolute Gasteiger partial charge is 0.401 e. The number of amides is 1. The third kappa shape index (κ3) is 4.88. The number of carbonyl (C=O) groups is 1. The number of benzene rings is 1. The van der Waals surface area contributed by atoms with E-state index in [-0.39, 0.29) is 36.4 Å². The van der Waals surface area contributed by atoms with Crippen LogP contribution in [0.25, 0.3) is 11.1 Å². The fourth-order valence-electron chi connectivity index (χ4n) is 3.94. The molecule has 4 aromatic rings. The highest BCUT2D eigenvalue weighted by Gasteiger charge is 2.66. The fourth-order valence-corrected chi connectivity index (χ4v) is 3.94. The molecule has 0 aliphatic heterocycles. The first kappa shape index (κ1) is 24.4. The van der Waals surface area contributed by atoms with E-state index in [0.29, 0.717) is 17.1 Å². The Balaban J connectivity index is 1.22. The lowest BCUT2D eigenvalue weighted by molar-refractivity contribution is -0.165. The quantitative estimate of drug-likeness (QED) is 0.280. The molecule has 0 spiro atoms. The van der Waals surface area contributed by atoms with Gasteiger partial charge in [0.25, 0.3) is 0 Å². The summed E-state index contributed by atoms with van der Waals surface area (Å²) >= 11 is 0. The van der Waals surface area contributed by atoms with E-state index in [1.807, 2.05) is 6.92 Å². The molecular weight excluding hydrogens is 494 g/mol. The Hall–Kier alpha value is -4.29. The molecule has 3 N–H and O–H groups in total. The Morgan fingerprint density at radius 3 is 2.57 bits per heavy atom. The monoisotopic (exact) mass is 515 g/mol. The minimum Gasteiger partial charge on any atom is -0.358 e. The second kappa shape index (κ2) is 9.30. The van der Waals surface area contributed by atoms with Crippen molar-refractivity contribution in [1.29, 1.82) is 0 Å². The van der Waals surface area contributed by atoms with Gasteiger partial charge in [-0.05, 0) is 36.5 Å². The maximum atomic E-state index is 14.7. The summed E-state index contributed by atoms with van der Waals surface area (Å²) in [4.78, 5) is 20.9. The van der Waals surface area contributed by atoms with Crippen molar-refractivity contribution in [3.05, 3.63) is 65.7 Å². The van der Waals surface area contributed by atoms with E-state index in [2.05, 4.69) is 36.0 Å². The second-order valence-electron chi connectivity index (χ2n) is 8.71. The van der Waals surface area contributed by atoms with Crippen LogP contribution in [0, 0.1) is 5.82 Å².